The lowest BCUT2D eigenvalue weighted by atomic mass is 10.4. The molecule has 3 unspecified atom stereocenters. The van der Waals surface area contributed by atoms with E-state index in [-0.39, 0.29) is 0 Å². The van der Waals surface area contributed by atoms with Crippen LogP contribution in [0.15, 0.2) is 0 Å². The normalized spacial score (nSPS) is 38.0. The van der Waals surface area contributed by atoms with Crippen molar-refractivity contribution in [3.05, 3.63) is 0 Å². The fraction of sp³-hybridized carbons (Fsp3) is 1.00. The van der Waals surface area contributed by atoms with Gasteiger partial charge in [-0.25, -0.2) is 0 Å². The van der Waals surface area contributed by atoms with Gasteiger partial charge < -0.3 is 30.7 Å². The molecule has 0 spiro atoms. The van der Waals surface area contributed by atoms with E-state index in [0.717, 1.165) is 36.6 Å². The highest BCUT2D eigenvalue weighted by atomic mass is 28.3. The number of hydrogen-bond donors (Lipinski definition) is 3. The number of piperazine rings is 3. The third kappa shape index (κ3) is 3.56. The molecular weight excluding hydrogens is 292 g/mol. The first-order valence-corrected chi connectivity index (χ1v) is 10.9. The highest BCUT2D eigenvalue weighted by molar-refractivity contribution is 6.64. The van der Waals surface area contributed by atoms with Gasteiger partial charge in [0.25, 0.3) is 0 Å². The highest BCUT2D eigenvalue weighted by Gasteiger charge is 2.44. The van der Waals surface area contributed by atoms with Crippen LogP contribution in [0, 0.1) is 0 Å². The van der Waals surface area contributed by atoms with Gasteiger partial charge in [0, 0.05) is 75.9 Å². The van der Waals surface area contributed by atoms with Crippen LogP contribution in [0.3, 0.4) is 0 Å². The van der Waals surface area contributed by atoms with Crippen LogP contribution in [0.25, 0.3) is 0 Å². The molecule has 0 aromatic carbocycles. The Morgan fingerprint density at radius 2 is 0.955 bits per heavy atom. The molecule has 3 aliphatic rings. The predicted octanol–water partition coefficient (Wildman–Crippen LogP) is -2.46. The van der Waals surface area contributed by atoms with Gasteiger partial charge >= 0.3 is 0 Å². The molecule has 0 amide bonds. The fourth-order valence-corrected chi connectivity index (χ4v) is 9.61. The lowest BCUT2D eigenvalue weighted by Crippen LogP contribution is -2.74. The van der Waals surface area contributed by atoms with Gasteiger partial charge in [-0.3, -0.25) is 0 Å². The molecule has 3 heterocycles. The molecule has 3 atom stereocenters. The van der Waals surface area contributed by atoms with Crippen molar-refractivity contribution < 1.29 is 0 Å². The molecule has 7 heteroatoms. The molecule has 0 radical (unpaired) electrons. The SMILES string of the molecule is CN1CCNCC1[SiH](C1CNCCN1C)C1CNCCN1C. The summed E-state index contributed by atoms with van der Waals surface area (Å²) in [6, 6.07) is 0. The minimum Gasteiger partial charge on any atom is -0.314 e. The van der Waals surface area contributed by atoms with E-state index in [1.165, 1.54) is 39.3 Å². The molecule has 22 heavy (non-hydrogen) atoms. The molecule has 3 fully saturated rings. The van der Waals surface area contributed by atoms with Crippen molar-refractivity contribution in [2.45, 2.75) is 17.0 Å². The summed E-state index contributed by atoms with van der Waals surface area (Å²) < 4.78 is 0. The third-order valence-corrected chi connectivity index (χ3v) is 10.9. The van der Waals surface area contributed by atoms with Crippen molar-refractivity contribution in [1.29, 1.82) is 0 Å². The van der Waals surface area contributed by atoms with Crippen molar-refractivity contribution in [3.8, 4) is 0 Å². The van der Waals surface area contributed by atoms with Crippen LogP contribution in [0.1, 0.15) is 0 Å². The smallest absolute Gasteiger partial charge is 0.0998 e. The average molecular weight is 327 g/mol. The van der Waals surface area contributed by atoms with Crippen molar-refractivity contribution >= 4 is 8.80 Å². The summed E-state index contributed by atoms with van der Waals surface area (Å²) in [6.45, 7) is 10.6. The first-order chi connectivity index (χ1) is 10.7. The zero-order valence-electron chi connectivity index (χ0n) is 14.5. The lowest BCUT2D eigenvalue weighted by Gasteiger charge is -2.51. The van der Waals surface area contributed by atoms with E-state index in [4.69, 9.17) is 0 Å². The maximum absolute atomic E-state index is 3.67. The second kappa shape index (κ2) is 7.70. The van der Waals surface area contributed by atoms with Gasteiger partial charge in [-0.1, -0.05) is 0 Å². The Labute approximate surface area is 137 Å². The molecule has 0 aromatic rings. The summed E-state index contributed by atoms with van der Waals surface area (Å²) in [5.74, 6) is 0. The number of nitrogens with zero attached hydrogens (tertiary/aromatic N) is 3. The highest BCUT2D eigenvalue weighted by Crippen LogP contribution is 2.19. The monoisotopic (exact) mass is 326 g/mol. The van der Waals surface area contributed by atoms with E-state index in [9.17, 15) is 0 Å². The Hall–Kier alpha value is -0.0231. The molecule has 0 saturated carbocycles. The van der Waals surface area contributed by atoms with Gasteiger partial charge in [0.1, 0.15) is 0 Å². The molecule has 0 bridgehead atoms. The molecule has 3 aliphatic heterocycles. The Balaban J connectivity index is 1.83. The van der Waals surface area contributed by atoms with E-state index < -0.39 is 8.80 Å². The summed E-state index contributed by atoms with van der Waals surface area (Å²) in [5.41, 5.74) is 2.27. The van der Waals surface area contributed by atoms with Crippen LogP contribution in [0.4, 0.5) is 0 Å². The summed E-state index contributed by atoms with van der Waals surface area (Å²) >= 11 is 0. The van der Waals surface area contributed by atoms with Crippen molar-refractivity contribution in [3.63, 3.8) is 0 Å². The minimum atomic E-state index is -1.06. The van der Waals surface area contributed by atoms with Crippen molar-refractivity contribution in [2.24, 2.45) is 0 Å². The van der Waals surface area contributed by atoms with Crippen LogP contribution in [-0.4, -0.2) is 121 Å². The van der Waals surface area contributed by atoms with Gasteiger partial charge in [0.15, 0.2) is 0 Å². The molecule has 0 aliphatic carbocycles. The van der Waals surface area contributed by atoms with Crippen LogP contribution < -0.4 is 16.0 Å². The third-order valence-electron chi connectivity index (χ3n) is 6.02. The first-order valence-electron chi connectivity index (χ1n) is 8.91. The molecule has 3 rings (SSSR count). The van der Waals surface area contributed by atoms with Gasteiger partial charge in [-0.05, 0) is 21.1 Å². The minimum absolute atomic E-state index is 0.758. The van der Waals surface area contributed by atoms with E-state index in [2.05, 4.69) is 51.8 Å². The number of rotatable bonds is 3. The maximum Gasteiger partial charge on any atom is 0.0998 e. The van der Waals surface area contributed by atoms with E-state index in [1.54, 1.807) is 0 Å². The summed E-state index contributed by atoms with van der Waals surface area (Å²) in [4.78, 5) is 7.95. The number of likely N-dealkylation sites (N-methyl/N-ethyl adjacent to an activating group) is 3. The van der Waals surface area contributed by atoms with Crippen LogP contribution in [0.5, 0.6) is 0 Å². The van der Waals surface area contributed by atoms with Gasteiger partial charge in [-0.2, -0.15) is 0 Å². The number of nitrogens with one attached hydrogen (secondary N) is 3. The van der Waals surface area contributed by atoms with Crippen LogP contribution in [0.2, 0.25) is 0 Å². The Morgan fingerprint density at radius 1 is 0.636 bits per heavy atom. The molecule has 3 N–H and O–H groups in total. The molecule has 128 valence electrons. The van der Waals surface area contributed by atoms with Gasteiger partial charge in [0.2, 0.25) is 0 Å². The summed E-state index contributed by atoms with van der Waals surface area (Å²) in [5, 5.41) is 11.0. The zero-order valence-corrected chi connectivity index (χ0v) is 15.7. The molecular formula is C15H34N6Si. The largest absolute Gasteiger partial charge is 0.314 e. The predicted molar refractivity (Wildman–Crippen MR) is 95.0 cm³/mol. The molecule has 0 aromatic heterocycles. The van der Waals surface area contributed by atoms with Crippen LogP contribution in [-0.2, 0) is 0 Å². The van der Waals surface area contributed by atoms with E-state index >= 15 is 0 Å². The molecule has 6 nitrogen and oxygen atoms in total. The summed E-state index contributed by atoms with van der Waals surface area (Å²) in [7, 11) is 5.97. The topological polar surface area (TPSA) is 45.8 Å². The average Bonchev–Trinajstić information content (AvgIpc) is 2.53. The fourth-order valence-electron chi connectivity index (χ4n) is 4.54. The van der Waals surface area contributed by atoms with E-state index in [0.29, 0.717) is 0 Å². The summed E-state index contributed by atoms with van der Waals surface area (Å²) in [6.07, 6.45) is 0. The van der Waals surface area contributed by atoms with Crippen molar-refractivity contribution in [2.75, 3.05) is 80.0 Å². The Morgan fingerprint density at radius 3 is 1.23 bits per heavy atom. The van der Waals surface area contributed by atoms with Crippen molar-refractivity contribution in [1.82, 2.24) is 30.7 Å². The lowest BCUT2D eigenvalue weighted by molar-refractivity contribution is 0.194. The Kier molecular flexibility index (Phi) is 5.89. The first kappa shape index (κ1) is 16.8. The maximum atomic E-state index is 3.67. The Bertz CT molecular complexity index is 305. The standard InChI is InChI=1S/C15H34N6Si/c1-19-7-4-16-10-13(19)22(14-11-17-5-8-20(14)2)15-12-18-6-9-21(15)3/h13-18,22H,4-12H2,1-3H3. The van der Waals surface area contributed by atoms with Gasteiger partial charge in [0.05, 0.1) is 8.80 Å². The van der Waals surface area contributed by atoms with E-state index in [1.807, 2.05) is 0 Å². The number of hydrogen-bond acceptors (Lipinski definition) is 6. The molecule has 3 saturated heterocycles. The quantitative estimate of drug-likeness (QED) is 0.500. The van der Waals surface area contributed by atoms with Gasteiger partial charge in [-0.15, -0.1) is 0 Å². The zero-order chi connectivity index (χ0) is 15.5. The second-order valence-electron chi connectivity index (χ2n) is 7.33. The van der Waals surface area contributed by atoms with Crippen LogP contribution >= 0.6 is 0 Å². The second-order valence-corrected chi connectivity index (χ2v) is 10.8.